The third-order valence-electron chi connectivity index (χ3n) is 3.00. The summed E-state index contributed by atoms with van der Waals surface area (Å²) in [4.78, 5) is 11.9. The molecule has 0 bridgehead atoms. The maximum absolute atomic E-state index is 11.9. The van der Waals surface area contributed by atoms with Crippen LogP contribution in [-0.4, -0.2) is 32.2 Å². The first kappa shape index (κ1) is 13.5. The average molecular weight is 228 g/mol. The Hall–Kier alpha value is -0.610. The van der Waals surface area contributed by atoms with Crippen LogP contribution in [0.4, 0.5) is 0 Å². The molecular weight excluding hydrogens is 204 g/mol. The van der Waals surface area contributed by atoms with E-state index in [1.165, 1.54) is 0 Å². The molecule has 3 N–H and O–H groups in total. The number of carbonyl (C=O) groups excluding carboxylic acids is 1. The summed E-state index contributed by atoms with van der Waals surface area (Å²) < 4.78 is 5.15. The fourth-order valence-corrected chi connectivity index (χ4v) is 1.88. The van der Waals surface area contributed by atoms with E-state index in [1.807, 2.05) is 0 Å². The zero-order chi connectivity index (χ0) is 12.2. The Morgan fingerprint density at radius 1 is 1.50 bits per heavy atom. The third-order valence-corrected chi connectivity index (χ3v) is 3.00. The predicted octanol–water partition coefficient (Wildman–Crippen LogP) is 0.760. The second-order valence-corrected chi connectivity index (χ2v) is 5.58. The molecule has 1 aliphatic heterocycles. The topological polar surface area (TPSA) is 64.4 Å². The molecule has 1 saturated heterocycles. The van der Waals surface area contributed by atoms with Gasteiger partial charge in [0.1, 0.15) is 0 Å². The molecule has 1 atom stereocenters. The highest BCUT2D eigenvalue weighted by atomic mass is 16.5. The van der Waals surface area contributed by atoms with Crippen molar-refractivity contribution in [2.45, 2.75) is 27.2 Å². The lowest BCUT2D eigenvalue weighted by Crippen LogP contribution is -2.50. The van der Waals surface area contributed by atoms with Gasteiger partial charge in [0.15, 0.2) is 0 Å². The van der Waals surface area contributed by atoms with Crippen molar-refractivity contribution in [1.82, 2.24) is 5.32 Å². The molecular formula is C12H24N2O2. The van der Waals surface area contributed by atoms with Crippen molar-refractivity contribution >= 4 is 5.91 Å². The summed E-state index contributed by atoms with van der Waals surface area (Å²) in [5.41, 5.74) is 5.75. The van der Waals surface area contributed by atoms with Gasteiger partial charge in [-0.25, -0.2) is 0 Å². The van der Waals surface area contributed by atoms with Gasteiger partial charge in [-0.15, -0.1) is 0 Å². The summed E-state index contributed by atoms with van der Waals surface area (Å²) in [6.45, 7) is 8.94. The maximum atomic E-state index is 11.9. The van der Waals surface area contributed by atoms with Gasteiger partial charge in [-0.05, 0) is 12.3 Å². The largest absolute Gasteiger partial charge is 0.380 e. The fraction of sp³-hybridized carbons (Fsp3) is 0.917. The summed E-state index contributed by atoms with van der Waals surface area (Å²) in [6.07, 6.45) is 0.857. The van der Waals surface area contributed by atoms with Crippen LogP contribution in [0.5, 0.6) is 0 Å². The standard InChI is InChI=1S/C12H24N2O2/c1-9(2)4-10(5-13)11(15)14-6-12(3)7-16-8-12/h9-10H,4-8,13H2,1-3H3,(H,14,15). The van der Waals surface area contributed by atoms with Crippen molar-refractivity contribution in [3.63, 3.8) is 0 Å². The lowest BCUT2D eigenvalue weighted by Gasteiger charge is -2.38. The smallest absolute Gasteiger partial charge is 0.224 e. The highest BCUT2D eigenvalue weighted by molar-refractivity contribution is 5.78. The molecule has 0 spiro atoms. The lowest BCUT2D eigenvalue weighted by atomic mass is 9.88. The number of amides is 1. The van der Waals surface area contributed by atoms with E-state index in [0.29, 0.717) is 19.0 Å². The van der Waals surface area contributed by atoms with Gasteiger partial charge in [0.25, 0.3) is 0 Å². The van der Waals surface area contributed by atoms with Crippen molar-refractivity contribution in [3.05, 3.63) is 0 Å². The minimum Gasteiger partial charge on any atom is -0.380 e. The average Bonchev–Trinajstić information content (AvgIpc) is 2.19. The Labute approximate surface area is 97.9 Å². The Bertz CT molecular complexity index is 237. The normalized spacial score (nSPS) is 20.3. The zero-order valence-electron chi connectivity index (χ0n) is 10.6. The van der Waals surface area contributed by atoms with Gasteiger partial charge in [-0.2, -0.15) is 0 Å². The number of rotatable bonds is 6. The van der Waals surface area contributed by atoms with Crippen LogP contribution in [0.2, 0.25) is 0 Å². The minimum absolute atomic E-state index is 0.0513. The van der Waals surface area contributed by atoms with Crippen LogP contribution >= 0.6 is 0 Å². The van der Waals surface area contributed by atoms with E-state index in [4.69, 9.17) is 10.5 Å². The molecule has 0 aromatic carbocycles. The number of nitrogens with two attached hydrogens (primary N) is 1. The Kier molecular flexibility index (Phi) is 4.74. The van der Waals surface area contributed by atoms with E-state index in [1.54, 1.807) is 0 Å². The monoisotopic (exact) mass is 228 g/mol. The van der Waals surface area contributed by atoms with E-state index >= 15 is 0 Å². The molecule has 1 amide bonds. The molecule has 1 heterocycles. The van der Waals surface area contributed by atoms with E-state index < -0.39 is 0 Å². The summed E-state index contributed by atoms with van der Waals surface area (Å²) in [5, 5.41) is 2.98. The first-order valence-electron chi connectivity index (χ1n) is 6.02. The first-order valence-corrected chi connectivity index (χ1v) is 6.02. The number of ether oxygens (including phenoxy) is 1. The van der Waals surface area contributed by atoms with E-state index in [2.05, 4.69) is 26.1 Å². The van der Waals surface area contributed by atoms with Gasteiger partial charge in [-0.3, -0.25) is 4.79 Å². The van der Waals surface area contributed by atoms with Crippen molar-refractivity contribution < 1.29 is 9.53 Å². The van der Waals surface area contributed by atoms with Crippen molar-refractivity contribution in [1.29, 1.82) is 0 Å². The second kappa shape index (κ2) is 5.64. The quantitative estimate of drug-likeness (QED) is 0.705. The number of hydrogen-bond acceptors (Lipinski definition) is 3. The summed E-state index contributed by atoms with van der Waals surface area (Å²) in [7, 11) is 0. The predicted molar refractivity (Wildman–Crippen MR) is 63.9 cm³/mol. The van der Waals surface area contributed by atoms with Crippen LogP contribution in [0.25, 0.3) is 0 Å². The van der Waals surface area contributed by atoms with Gasteiger partial charge >= 0.3 is 0 Å². The number of nitrogens with one attached hydrogen (secondary N) is 1. The van der Waals surface area contributed by atoms with Gasteiger partial charge in [0, 0.05) is 18.5 Å². The third kappa shape index (κ3) is 3.76. The highest BCUT2D eigenvalue weighted by Gasteiger charge is 2.34. The molecule has 1 unspecified atom stereocenters. The molecule has 0 aromatic heterocycles. The minimum atomic E-state index is -0.0513. The molecule has 4 nitrogen and oxygen atoms in total. The van der Waals surface area contributed by atoms with Crippen LogP contribution in [-0.2, 0) is 9.53 Å². The Balaban J connectivity index is 2.31. The first-order chi connectivity index (χ1) is 7.47. The van der Waals surface area contributed by atoms with Crippen molar-refractivity contribution in [3.8, 4) is 0 Å². The summed E-state index contributed by atoms with van der Waals surface area (Å²) in [5.74, 6) is 0.538. The van der Waals surface area contributed by atoms with Crippen molar-refractivity contribution in [2.75, 3.05) is 26.3 Å². The van der Waals surface area contributed by atoms with Gasteiger partial charge in [0.05, 0.1) is 19.1 Å². The second-order valence-electron chi connectivity index (χ2n) is 5.58. The van der Waals surface area contributed by atoms with Crippen LogP contribution in [0.1, 0.15) is 27.2 Å². The summed E-state index contributed by atoms with van der Waals surface area (Å²) >= 11 is 0. The molecule has 1 fully saturated rings. The summed E-state index contributed by atoms with van der Waals surface area (Å²) in [6, 6.07) is 0. The van der Waals surface area contributed by atoms with E-state index in [9.17, 15) is 4.79 Å². The van der Waals surface area contributed by atoms with Crippen LogP contribution in [0.15, 0.2) is 0 Å². The molecule has 0 radical (unpaired) electrons. The maximum Gasteiger partial charge on any atom is 0.224 e. The number of carbonyl (C=O) groups is 1. The van der Waals surface area contributed by atoms with Gasteiger partial charge in [0.2, 0.25) is 5.91 Å². The van der Waals surface area contributed by atoms with E-state index in [0.717, 1.165) is 19.6 Å². The van der Waals surface area contributed by atoms with Gasteiger partial charge in [-0.1, -0.05) is 20.8 Å². The molecule has 1 rings (SSSR count). The van der Waals surface area contributed by atoms with Gasteiger partial charge < -0.3 is 15.8 Å². The molecule has 1 aliphatic rings. The van der Waals surface area contributed by atoms with E-state index in [-0.39, 0.29) is 17.2 Å². The number of hydrogen-bond donors (Lipinski definition) is 2. The molecule has 0 aliphatic carbocycles. The molecule has 0 saturated carbocycles. The molecule has 4 heteroatoms. The Morgan fingerprint density at radius 3 is 2.50 bits per heavy atom. The molecule has 16 heavy (non-hydrogen) atoms. The van der Waals surface area contributed by atoms with Crippen molar-refractivity contribution in [2.24, 2.45) is 23.0 Å². The van der Waals surface area contributed by atoms with Crippen LogP contribution in [0.3, 0.4) is 0 Å². The van der Waals surface area contributed by atoms with Crippen LogP contribution in [0, 0.1) is 17.3 Å². The molecule has 0 aromatic rings. The van der Waals surface area contributed by atoms with Crippen LogP contribution < -0.4 is 11.1 Å². The molecule has 94 valence electrons. The SMILES string of the molecule is CC(C)CC(CN)C(=O)NCC1(C)COC1. The Morgan fingerprint density at radius 2 is 2.12 bits per heavy atom. The lowest BCUT2D eigenvalue weighted by molar-refractivity contribution is -0.130. The highest BCUT2D eigenvalue weighted by Crippen LogP contribution is 2.25. The fourth-order valence-electron chi connectivity index (χ4n) is 1.88. The zero-order valence-corrected chi connectivity index (χ0v) is 10.6.